The standard InChI is InChI=1S/C22H23BrN4O3/c1-14-11-17(20(28)26-9-4-3-5-10-26)18-19(24-14)25(2)22(30)27(21(18)29)13-15-7-6-8-16(23)12-15/h6-8,11-12H,3-5,9-10,13H2,1-2H3. The van der Waals surface area contributed by atoms with Gasteiger partial charge in [0.25, 0.3) is 11.5 Å². The van der Waals surface area contributed by atoms with Crippen molar-refractivity contribution in [2.75, 3.05) is 13.1 Å². The molecule has 3 aromatic rings. The average molecular weight is 471 g/mol. The smallest absolute Gasteiger partial charge is 0.332 e. The van der Waals surface area contributed by atoms with Gasteiger partial charge in [0.2, 0.25) is 0 Å². The molecule has 1 aromatic carbocycles. The normalized spacial score (nSPS) is 14.3. The van der Waals surface area contributed by atoms with Gasteiger partial charge in [-0.1, -0.05) is 28.1 Å². The van der Waals surface area contributed by atoms with Crippen molar-refractivity contribution in [2.45, 2.75) is 32.7 Å². The fourth-order valence-corrected chi connectivity index (χ4v) is 4.44. The summed E-state index contributed by atoms with van der Waals surface area (Å²) in [4.78, 5) is 45.9. The number of benzene rings is 1. The predicted octanol–water partition coefficient (Wildman–Crippen LogP) is 2.84. The number of likely N-dealkylation sites (tertiary alicyclic amines) is 1. The lowest BCUT2D eigenvalue weighted by Crippen LogP contribution is -2.41. The number of carbonyl (C=O) groups is 1. The minimum Gasteiger partial charge on any atom is -0.339 e. The Morgan fingerprint density at radius 3 is 2.57 bits per heavy atom. The number of piperidine rings is 1. The third-order valence-electron chi connectivity index (χ3n) is 5.53. The zero-order valence-electron chi connectivity index (χ0n) is 17.0. The van der Waals surface area contributed by atoms with Gasteiger partial charge in [0.1, 0.15) is 5.65 Å². The second-order valence-corrected chi connectivity index (χ2v) is 8.64. The number of carbonyl (C=O) groups excluding carboxylic acids is 1. The van der Waals surface area contributed by atoms with Gasteiger partial charge < -0.3 is 4.90 Å². The van der Waals surface area contributed by atoms with Gasteiger partial charge in [-0.15, -0.1) is 0 Å². The molecule has 0 atom stereocenters. The summed E-state index contributed by atoms with van der Waals surface area (Å²) in [6.07, 6.45) is 3.02. The van der Waals surface area contributed by atoms with E-state index in [1.54, 1.807) is 24.9 Å². The largest absolute Gasteiger partial charge is 0.339 e. The highest BCUT2D eigenvalue weighted by Gasteiger charge is 2.25. The summed E-state index contributed by atoms with van der Waals surface area (Å²) in [6.45, 7) is 3.25. The van der Waals surface area contributed by atoms with Crippen LogP contribution in [0.15, 0.2) is 44.4 Å². The van der Waals surface area contributed by atoms with Crippen molar-refractivity contribution in [1.82, 2.24) is 19.0 Å². The summed E-state index contributed by atoms with van der Waals surface area (Å²) in [7, 11) is 1.59. The Balaban J connectivity index is 1.93. The molecule has 0 radical (unpaired) electrons. The van der Waals surface area contributed by atoms with Crippen LogP contribution in [-0.4, -0.2) is 38.0 Å². The Kier molecular flexibility index (Phi) is 5.60. The first-order valence-electron chi connectivity index (χ1n) is 10.0. The Labute approximate surface area is 182 Å². The second kappa shape index (κ2) is 8.18. The molecule has 0 bridgehead atoms. The molecule has 1 fully saturated rings. The summed E-state index contributed by atoms with van der Waals surface area (Å²) < 4.78 is 3.40. The van der Waals surface area contributed by atoms with E-state index in [9.17, 15) is 14.4 Å². The van der Waals surface area contributed by atoms with Crippen LogP contribution in [0.2, 0.25) is 0 Å². The number of pyridine rings is 1. The molecule has 0 unspecified atom stereocenters. The Bertz CT molecular complexity index is 1260. The zero-order valence-corrected chi connectivity index (χ0v) is 18.6. The molecule has 0 saturated carbocycles. The van der Waals surface area contributed by atoms with Crippen LogP contribution in [0.3, 0.4) is 0 Å². The van der Waals surface area contributed by atoms with Crippen molar-refractivity contribution in [3.05, 3.63) is 72.5 Å². The predicted molar refractivity (Wildman–Crippen MR) is 119 cm³/mol. The average Bonchev–Trinajstić information content (AvgIpc) is 2.74. The molecule has 1 aliphatic rings. The van der Waals surface area contributed by atoms with Crippen LogP contribution in [0.25, 0.3) is 11.0 Å². The van der Waals surface area contributed by atoms with Crippen LogP contribution >= 0.6 is 15.9 Å². The summed E-state index contributed by atoms with van der Waals surface area (Å²) in [6, 6.07) is 9.12. The van der Waals surface area contributed by atoms with Crippen molar-refractivity contribution in [2.24, 2.45) is 7.05 Å². The van der Waals surface area contributed by atoms with Gasteiger partial charge in [-0.25, -0.2) is 9.78 Å². The Hall–Kier alpha value is -2.74. The van der Waals surface area contributed by atoms with Crippen LogP contribution in [-0.2, 0) is 13.6 Å². The molecule has 0 aliphatic carbocycles. The van der Waals surface area contributed by atoms with E-state index in [0.29, 0.717) is 24.3 Å². The number of hydrogen-bond acceptors (Lipinski definition) is 4. The van der Waals surface area contributed by atoms with Crippen LogP contribution in [0.1, 0.15) is 40.9 Å². The first-order chi connectivity index (χ1) is 14.4. The molecule has 1 amide bonds. The molecule has 3 heterocycles. The molecule has 4 rings (SSSR count). The van der Waals surface area contributed by atoms with E-state index >= 15 is 0 Å². The van der Waals surface area contributed by atoms with Crippen LogP contribution in [0.5, 0.6) is 0 Å². The fraction of sp³-hybridized carbons (Fsp3) is 0.364. The molecule has 156 valence electrons. The van der Waals surface area contributed by atoms with Crippen LogP contribution in [0.4, 0.5) is 0 Å². The van der Waals surface area contributed by atoms with Gasteiger partial charge in [-0.3, -0.25) is 18.7 Å². The summed E-state index contributed by atoms with van der Waals surface area (Å²) >= 11 is 3.42. The lowest BCUT2D eigenvalue weighted by molar-refractivity contribution is 0.0726. The minimum absolute atomic E-state index is 0.117. The summed E-state index contributed by atoms with van der Waals surface area (Å²) in [5, 5.41) is 0.202. The van der Waals surface area contributed by atoms with E-state index in [4.69, 9.17) is 0 Å². The Morgan fingerprint density at radius 1 is 1.13 bits per heavy atom. The molecular weight excluding hydrogens is 448 g/mol. The monoisotopic (exact) mass is 470 g/mol. The number of nitrogens with zero attached hydrogens (tertiary/aromatic N) is 4. The lowest BCUT2D eigenvalue weighted by Gasteiger charge is -2.27. The minimum atomic E-state index is -0.485. The fourth-order valence-electron chi connectivity index (χ4n) is 4.00. The van der Waals surface area contributed by atoms with E-state index in [1.807, 2.05) is 24.3 Å². The molecular formula is C22H23BrN4O3. The van der Waals surface area contributed by atoms with Gasteiger partial charge in [0.15, 0.2) is 0 Å². The number of aryl methyl sites for hydroxylation is 2. The first-order valence-corrected chi connectivity index (χ1v) is 10.8. The molecule has 0 spiro atoms. The summed E-state index contributed by atoms with van der Waals surface area (Å²) in [5.41, 5.74) is 1.04. The third-order valence-corrected chi connectivity index (χ3v) is 6.02. The van der Waals surface area contributed by atoms with Crippen molar-refractivity contribution in [1.29, 1.82) is 0 Å². The highest BCUT2D eigenvalue weighted by atomic mass is 79.9. The van der Waals surface area contributed by atoms with Crippen LogP contribution < -0.4 is 11.2 Å². The lowest BCUT2D eigenvalue weighted by atomic mass is 10.1. The van der Waals surface area contributed by atoms with Gasteiger partial charge in [-0.05, 0) is 49.9 Å². The van der Waals surface area contributed by atoms with Gasteiger partial charge in [0.05, 0.1) is 17.5 Å². The topological polar surface area (TPSA) is 77.2 Å². The summed E-state index contributed by atoms with van der Waals surface area (Å²) in [5.74, 6) is -0.171. The molecule has 2 aromatic heterocycles. The number of hydrogen-bond donors (Lipinski definition) is 0. The van der Waals surface area contributed by atoms with Crippen molar-refractivity contribution in [3.63, 3.8) is 0 Å². The number of aromatic nitrogens is 3. The van der Waals surface area contributed by atoms with Crippen LogP contribution in [0, 0.1) is 6.92 Å². The number of fused-ring (bicyclic) bond motifs is 1. The Morgan fingerprint density at radius 2 is 1.87 bits per heavy atom. The number of halogens is 1. The number of rotatable bonds is 3. The van der Waals surface area contributed by atoms with Crippen molar-refractivity contribution in [3.8, 4) is 0 Å². The van der Waals surface area contributed by atoms with Crippen molar-refractivity contribution < 1.29 is 4.79 Å². The maximum absolute atomic E-state index is 13.4. The molecule has 1 aliphatic heterocycles. The first kappa shape index (κ1) is 20.5. The van der Waals surface area contributed by atoms with E-state index in [-0.39, 0.29) is 23.5 Å². The van der Waals surface area contributed by atoms with Gasteiger partial charge in [0, 0.05) is 30.3 Å². The molecule has 8 heteroatoms. The highest BCUT2D eigenvalue weighted by Crippen LogP contribution is 2.19. The van der Waals surface area contributed by atoms with E-state index in [1.165, 1.54) is 9.13 Å². The third kappa shape index (κ3) is 3.71. The quantitative estimate of drug-likeness (QED) is 0.589. The number of amides is 1. The second-order valence-electron chi connectivity index (χ2n) is 7.73. The highest BCUT2D eigenvalue weighted by molar-refractivity contribution is 9.10. The SMILES string of the molecule is Cc1cc(C(=O)N2CCCCC2)c2c(=O)n(Cc3cccc(Br)c3)c(=O)n(C)c2n1. The molecule has 7 nitrogen and oxygen atoms in total. The zero-order chi connectivity index (χ0) is 21.4. The van der Waals surface area contributed by atoms with E-state index < -0.39 is 11.2 Å². The van der Waals surface area contributed by atoms with E-state index in [0.717, 1.165) is 29.3 Å². The maximum atomic E-state index is 13.4. The van der Waals surface area contributed by atoms with Gasteiger partial charge >= 0.3 is 5.69 Å². The van der Waals surface area contributed by atoms with Gasteiger partial charge in [-0.2, -0.15) is 0 Å². The molecule has 1 saturated heterocycles. The maximum Gasteiger partial charge on any atom is 0.332 e. The molecule has 0 N–H and O–H groups in total. The van der Waals surface area contributed by atoms with E-state index in [2.05, 4.69) is 20.9 Å². The van der Waals surface area contributed by atoms with Crippen molar-refractivity contribution >= 4 is 32.9 Å². The molecule has 30 heavy (non-hydrogen) atoms.